The first-order valence-corrected chi connectivity index (χ1v) is 16.9. The van der Waals surface area contributed by atoms with E-state index in [1.165, 1.54) is 37.3 Å². The molecule has 48 heavy (non-hydrogen) atoms. The van der Waals surface area contributed by atoms with Crippen molar-refractivity contribution in [1.29, 1.82) is 0 Å². The molecule has 0 aliphatic carbocycles. The summed E-state index contributed by atoms with van der Waals surface area (Å²) >= 11 is 0. The lowest BCUT2D eigenvalue weighted by molar-refractivity contribution is -0.140. The number of hydrogen-bond acceptors (Lipinski definition) is 7. The molecular formula is C37H43N3O7S. The van der Waals surface area contributed by atoms with Crippen molar-refractivity contribution in [3.63, 3.8) is 0 Å². The second-order valence-corrected chi connectivity index (χ2v) is 14.0. The van der Waals surface area contributed by atoms with Crippen molar-refractivity contribution in [3.8, 4) is 17.2 Å². The number of carbonyl (C=O) groups is 2. The number of nitrogens with zero attached hydrogens (tertiary/aromatic N) is 2. The van der Waals surface area contributed by atoms with E-state index < -0.39 is 34.1 Å². The van der Waals surface area contributed by atoms with Gasteiger partial charge in [-0.1, -0.05) is 60.7 Å². The number of amides is 2. The topological polar surface area (TPSA) is 114 Å². The van der Waals surface area contributed by atoms with Gasteiger partial charge in [-0.2, -0.15) is 0 Å². The van der Waals surface area contributed by atoms with Crippen molar-refractivity contribution >= 4 is 27.5 Å². The van der Waals surface area contributed by atoms with Gasteiger partial charge in [0.1, 0.15) is 18.3 Å². The number of hydrogen-bond donors (Lipinski definition) is 1. The van der Waals surface area contributed by atoms with Gasteiger partial charge in [-0.25, -0.2) is 8.42 Å². The van der Waals surface area contributed by atoms with Gasteiger partial charge in [0.05, 0.1) is 31.9 Å². The maximum Gasteiger partial charge on any atom is 0.264 e. The molecule has 254 valence electrons. The van der Waals surface area contributed by atoms with Crippen molar-refractivity contribution in [1.82, 2.24) is 10.2 Å². The Morgan fingerprint density at radius 3 is 1.98 bits per heavy atom. The van der Waals surface area contributed by atoms with E-state index in [1.807, 2.05) is 57.2 Å². The Kier molecular flexibility index (Phi) is 11.7. The van der Waals surface area contributed by atoms with Crippen LogP contribution in [-0.2, 0) is 32.6 Å². The van der Waals surface area contributed by atoms with Gasteiger partial charge in [0.15, 0.2) is 11.5 Å². The predicted octanol–water partition coefficient (Wildman–Crippen LogP) is 5.46. The fourth-order valence-electron chi connectivity index (χ4n) is 5.20. The lowest BCUT2D eigenvalue weighted by atomic mass is 10.0. The number of nitrogens with one attached hydrogen (secondary N) is 1. The third-order valence-electron chi connectivity index (χ3n) is 7.52. The molecule has 0 aliphatic rings. The summed E-state index contributed by atoms with van der Waals surface area (Å²) in [6, 6.07) is 28.3. The van der Waals surface area contributed by atoms with Crippen molar-refractivity contribution in [3.05, 3.63) is 114 Å². The highest BCUT2D eigenvalue weighted by molar-refractivity contribution is 7.92. The zero-order chi connectivity index (χ0) is 34.9. The van der Waals surface area contributed by atoms with E-state index in [0.29, 0.717) is 17.1 Å². The Labute approximate surface area is 283 Å². The summed E-state index contributed by atoms with van der Waals surface area (Å²) in [5.41, 5.74) is 1.23. The van der Waals surface area contributed by atoms with Crippen LogP contribution in [-0.4, -0.2) is 64.6 Å². The quantitative estimate of drug-likeness (QED) is 0.189. The molecule has 0 saturated carbocycles. The number of sulfonamides is 1. The summed E-state index contributed by atoms with van der Waals surface area (Å²) in [4.78, 5) is 30.0. The molecule has 0 saturated heterocycles. The van der Waals surface area contributed by atoms with Gasteiger partial charge in [-0.15, -0.1) is 0 Å². The molecule has 4 aromatic carbocycles. The van der Waals surface area contributed by atoms with Gasteiger partial charge in [0.2, 0.25) is 11.8 Å². The van der Waals surface area contributed by atoms with E-state index in [0.717, 1.165) is 9.87 Å². The minimum atomic E-state index is -4.33. The Morgan fingerprint density at radius 2 is 1.38 bits per heavy atom. The number of benzene rings is 4. The molecule has 4 aromatic rings. The summed E-state index contributed by atoms with van der Waals surface area (Å²) in [6.45, 7) is 5.03. The number of anilines is 1. The van der Waals surface area contributed by atoms with Crippen molar-refractivity contribution in [2.75, 3.05) is 32.2 Å². The van der Waals surface area contributed by atoms with Crippen LogP contribution in [0.1, 0.15) is 31.9 Å². The summed E-state index contributed by atoms with van der Waals surface area (Å²) in [6.07, 6.45) is 0.201. The summed E-state index contributed by atoms with van der Waals surface area (Å²) in [5, 5.41) is 3.03. The Morgan fingerprint density at radius 1 is 0.750 bits per heavy atom. The minimum Gasteiger partial charge on any atom is -0.497 e. The fraction of sp³-hybridized carbons (Fsp3) is 0.297. The molecular weight excluding hydrogens is 630 g/mol. The van der Waals surface area contributed by atoms with Crippen LogP contribution in [0.15, 0.2) is 108 Å². The molecule has 4 rings (SSSR count). The van der Waals surface area contributed by atoms with Crippen LogP contribution >= 0.6 is 0 Å². The lowest BCUT2D eigenvalue weighted by Gasteiger charge is -2.35. The summed E-state index contributed by atoms with van der Waals surface area (Å²) in [7, 11) is 0.0949. The highest BCUT2D eigenvalue weighted by atomic mass is 32.2. The van der Waals surface area contributed by atoms with Gasteiger partial charge in [-0.3, -0.25) is 13.9 Å². The molecule has 0 radical (unpaired) electrons. The molecule has 1 N–H and O–H groups in total. The third-order valence-corrected chi connectivity index (χ3v) is 9.29. The highest BCUT2D eigenvalue weighted by Gasteiger charge is 2.36. The molecule has 1 unspecified atom stereocenters. The Bertz CT molecular complexity index is 1790. The van der Waals surface area contributed by atoms with Crippen molar-refractivity contribution < 1.29 is 32.2 Å². The molecule has 11 heteroatoms. The number of rotatable bonds is 14. The smallest absolute Gasteiger partial charge is 0.264 e. The van der Waals surface area contributed by atoms with Crippen LogP contribution < -0.4 is 23.8 Å². The normalized spacial score (nSPS) is 12.0. The van der Waals surface area contributed by atoms with Crippen molar-refractivity contribution in [2.24, 2.45) is 0 Å². The number of methoxy groups -OCH3 is 3. The molecule has 0 aliphatic heterocycles. The first-order chi connectivity index (χ1) is 22.9. The monoisotopic (exact) mass is 673 g/mol. The van der Waals surface area contributed by atoms with E-state index >= 15 is 0 Å². The SMILES string of the molecule is COc1cccc(CN(C(=O)CN(c2ccccc2)S(=O)(=O)c2ccc(OC)c(OC)c2)C(Cc2ccccc2)C(=O)NC(C)(C)C)c1. The average Bonchev–Trinajstić information content (AvgIpc) is 3.08. The standard InChI is InChI=1S/C37H43N3O7S/c1-37(2,3)38-36(42)32(23-27-14-9-7-10-15-27)39(25-28-16-13-19-30(22-28)45-4)35(41)26-40(29-17-11-8-12-18-29)48(43,44)31-20-21-33(46-5)34(24-31)47-6/h7-22,24,32H,23,25-26H2,1-6H3,(H,38,42). The van der Waals surface area contributed by atoms with Crippen LogP contribution in [0, 0.1) is 0 Å². The highest BCUT2D eigenvalue weighted by Crippen LogP contribution is 2.32. The zero-order valence-electron chi connectivity index (χ0n) is 28.2. The molecule has 2 amide bonds. The zero-order valence-corrected chi connectivity index (χ0v) is 29.0. The van der Waals surface area contributed by atoms with Gasteiger partial charge < -0.3 is 24.4 Å². The van der Waals surface area contributed by atoms with Gasteiger partial charge in [-0.05, 0) is 68.3 Å². The molecule has 0 aromatic heterocycles. The molecule has 0 heterocycles. The molecule has 0 fully saturated rings. The van der Waals surface area contributed by atoms with Crippen molar-refractivity contribution in [2.45, 2.75) is 50.2 Å². The van der Waals surface area contributed by atoms with E-state index in [-0.39, 0.29) is 35.2 Å². The second kappa shape index (κ2) is 15.7. The van der Waals surface area contributed by atoms with Gasteiger partial charge in [0, 0.05) is 24.6 Å². The molecule has 0 bridgehead atoms. The second-order valence-electron chi connectivity index (χ2n) is 12.2. The van der Waals surface area contributed by atoms with Crippen LogP contribution in [0.25, 0.3) is 0 Å². The third kappa shape index (κ3) is 9.07. The number of para-hydroxylation sites is 1. The summed E-state index contributed by atoms with van der Waals surface area (Å²) < 4.78 is 45.9. The lowest BCUT2D eigenvalue weighted by Crippen LogP contribution is -2.56. The van der Waals surface area contributed by atoms with Crippen LogP contribution in [0.3, 0.4) is 0 Å². The Hall–Kier alpha value is -5.03. The average molecular weight is 674 g/mol. The predicted molar refractivity (Wildman–Crippen MR) is 186 cm³/mol. The van der Waals surface area contributed by atoms with Crippen LogP contribution in [0.2, 0.25) is 0 Å². The molecule has 1 atom stereocenters. The largest absolute Gasteiger partial charge is 0.497 e. The van der Waals surface area contributed by atoms with Crippen LogP contribution in [0.4, 0.5) is 5.69 Å². The van der Waals surface area contributed by atoms with E-state index in [4.69, 9.17) is 14.2 Å². The molecule has 10 nitrogen and oxygen atoms in total. The Balaban J connectivity index is 1.83. The summed E-state index contributed by atoms with van der Waals surface area (Å²) in [5.74, 6) is 0.226. The van der Waals surface area contributed by atoms with E-state index in [9.17, 15) is 18.0 Å². The maximum absolute atomic E-state index is 14.7. The minimum absolute atomic E-state index is 0.0180. The first kappa shape index (κ1) is 35.8. The first-order valence-electron chi connectivity index (χ1n) is 15.4. The number of carbonyl (C=O) groups excluding carboxylic acids is 2. The fourth-order valence-corrected chi connectivity index (χ4v) is 6.63. The van der Waals surface area contributed by atoms with E-state index in [2.05, 4.69) is 5.32 Å². The molecule has 0 spiro atoms. The number of ether oxygens (including phenoxy) is 3. The van der Waals surface area contributed by atoms with Crippen LogP contribution in [0.5, 0.6) is 17.2 Å². The maximum atomic E-state index is 14.7. The van der Waals surface area contributed by atoms with Gasteiger partial charge >= 0.3 is 0 Å². The van der Waals surface area contributed by atoms with Gasteiger partial charge in [0.25, 0.3) is 10.0 Å². The van der Waals surface area contributed by atoms with E-state index in [1.54, 1.807) is 55.6 Å².